The van der Waals surface area contributed by atoms with Gasteiger partial charge in [0.15, 0.2) is 0 Å². The third-order valence-electron chi connectivity index (χ3n) is 4.18. The second-order valence-corrected chi connectivity index (χ2v) is 7.52. The number of ether oxygens (including phenoxy) is 1. The highest BCUT2D eigenvalue weighted by Crippen LogP contribution is 2.24. The van der Waals surface area contributed by atoms with Gasteiger partial charge in [0.05, 0.1) is 18.7 Å². The van der Waals surface area contributed by atoms with E-state index in [0.29, 0.717) is 41.0 Å². The molecule has 0 saturated carbocycles. The summed E-state index contributed by atoms with van der Waals surface area (Å²) in [5.74, 6) is 1.03. The van der Waals surface area contributed by atoms with Crippen molar-refractivity contribution in [1.29, 1.82) is 0 Å². The smallest absolute Gasteiger partial charge is 0.339 e. The molecule has 0 aliphatic carbocycles. The fourth-order valence-corrected chi connectivity index (χ4v) is 3.65. The number of thioether (sulfide) groups is 1. The molecule has 1 aliphatic heterocycles. The molecule has 0 spiro atoms. The molecular weight excluding hydrogens is 382 g/mol. The van der Waals surface area contributed by atoms with Crippen molar-refractivity contribution in [3.8, 4) is 5.75 Å². The largest absolute Gasteiger partial charge is 0.493 e. The van der Waals surface area contributed by atoms with Gasteiger partial charge in [-0.15, -0.1) is 11.8 Å². The molecule has 2 rings (SSSR count). The van der Waals surface area contributed by atoms with Crippen LogP contribution in [0, 0.1) is 0 Å². The standard InChI is InChI=1S/C19H27N3O5S/c1-4-6-8-26-13-9-16(27-17(23)10-13)14(7-5-2)20-18(24)15-11-28-19(21-15)12(3)22-25/h9-10,14-15,25H,4-8,11H2,1-3H3,(H,20,24)/b22-12+. The van der Waals surface area contributed by atoms with Crippen molar-refractivity contribution in [1.82, 2.24) is 5.32 Å². The second kappa shape index (κ2) is 10.9. The topological polar surface area (TPSA) is 113 Å². The van der Waals surface area contributed by atoms with Crippen molar-refractivity contribution >= 4 is 28.4 Å². The zero-order valence-corrected chi connectivity index (χ0v) is 17.3. The summed E-state index contributed by atoms with van der Waals surface area (Å²) in [6, 6.07) is 1.95. The molecule has 28 heavy (non-hydrogen) atoms. The van der Waals surface area contributed by atoms with Gasteiger partial charge in [0.1, 0.15) is 28.3 Å². The van der Waals surface area contributed by atoms with Crippen LogP contribution in [0.1, 0.15) is 58.3 Å². The highest BCUT2D eigenvalue weighted by Gasteiger charge is 2.29. The van der Waals surface area contributed by atoms with Gasteiger partial charge in [-0.25, -0.2) is 4.79 Å². The molecule has 1 aromatic rings. The lowest BCUT2D eigenvalue weighted by atomic mass is 10.1. The van der Waals surface area contributed by atoms with Crippen LogP contribution in [-0.4, -0.2) is 40.3 Å². The number of amides is 1. The Hall–Kier alpha value is -2.29. The van der Waals surface area contributed by atoms with Gasteiger partial charge in [0.25, 0.3) is 0 Å². The molecule has 0 aromatic carbocycles. The summed E-state index contributed by atoms with van der Waals surface area (Å²) in [4.78, 5) is 28.9. The minimum absolute atomic E-state index is 0.258. The quantitative estimate of drug-likeness (QED) is 0.266. The second-order valence-electron chi connectivity index (χ2n) is 6.51. The Morgan fingerprint density at radius 1 is 1.46 bits per heavy atom. The lowest BCUT2D eigenvalue weighted by molar-refractivity contribution is -0.122. The van der Waals surface area contributed by atoms with Gasteiger partial charge in [-0.05, 0) is 19.8 Å². The Morgan fingerprint density at radius 2 is 2.25 bits per heavy atom. The van der Waals surface area contributed by atoms with Gasteiger partial charge in [-0.2, -0.15) is 0 Å². The van der Waals surface area contributed by atoms with Crippen LogP contribution in [0.25, 0.3) is 0 Å². The molecule has 1 aromatic heterocycles. The molecule has 2 heterocycles. The summed E-state index contributed by atoms with van der Waals surface area (Å²) in [5, 5.41) is 15.4. The van der Waals surface area contributed by atoms with E-state index in [9.17, 15) is 9.59 Å². The summed E-state index contributed by atoms with van der Waals surface area (Å²) in [6.45, 7) is 6.20. The highest BCUT2D eigenvalue weighted by molar-refractivity contribution is 8.16. The Morgan fingerprint density at radius 3 is 2.93 bits per heavy atom. The van der Waals surface area contributed by atoms with Crippen LogP contribution in [0.15, 0.2) is 31.5 Å². The first-order chi connectivity index (χ1) is 13.5. The zero-order valence-electron chi connectivity index (χ0n) is 16.4. The summed E-state index contributed by atoms with van der Waals surface area (Å²) in [6.07, 6.45) is 3.28. The average molecular weight is 410 g/mol. The molecule has 1 aliphatic rings. The van der Waals surface area contributed by atoms with Crippen LogP contribution in [0.4, 0.5) is 0 Å². The molecular formula is C19H27N3O5S. The van der Waals surface area contributed by atoms with E-state index < -0.39 is 17.7 Å². The van der Waals surface area contributed by atoms with Crippen molar-refractivity contribution in [2.75, 3.05) is 12.4 Å². The summed E-state index contributed by atoms with van der Waals surface area (Å²) < 4.78 is 11.0. The summed E-state index contributed by atoms with van der Waals surface area (Å²) in [7, 11) is 0. The molecule has 0 saturated heterocycles. The molecule has 154 valence electrons. The van der Waals surface area contributed by atoms with Crippen molar-refractivity contribution in [2.45, 2.75) is 58.5 Å². The van der Waals surface area contributed by atoms with Gasteiger partial charge in [0.2, 0.25) is 5.91 Å². The number of nitrogens with zero attached hydrogens (tertiary/aromatic N) is 2. The molecule has 2 atom stereocenters. The lowest BCUT2D eigenvalue weighted by Crippen LogP contribution is -2.37. The Balaban J connectivity index is 2.14. The number of nitrogens with one attached hydrogen (secondary N) is 1. The first-order valence-electron chi connectivity index (χ1n) is 9.46. The maximum Gasteiger partial charge on any atom is 0.339 e. The molecule has 0 radical (unpaired) electrons. The Labute approximate surface area is 168 Å². The van der Waals surface area contributed by atoms with Gasteiger partial charge in [-0.1, -0.05) is 31.8 Å². The van der Waals surface area contributed by atoms with E-state index in [2.05, 4.69) is 22.4 Å². The van der Waals surface area contributed by atoms with Gasteiger partial charge < -0.3 is 19.7 Å². The van der Waals surface area contributed by atoms with Crippen LogP contribution in [0.3, 0.4) is 0 Å². The highest BCUT2D eigenvalue weighted by atomic mass is 32.2. The van der Waals surface area contributed by atoms with Crippen molar-refractivity contribution in [3.05, 3.63) is 28.3 Å². The van der Waals surface area contributed by atoms with Crippen molar-refractivity contribution in [2.24, 2.45) is 10.1 Å². The number of carbonyl (C=O) groups excluding carboxylic acids is 1. The van der Waals surface area contributed by atoms with E-state index in [4.69, 9.17) is 14.4 Å². The van der Waals surface area contributed by atoms with E-state index >= 15 is 0 Å². The lowest BCUT2D eigenvalue weighted by Gasteiger charge is -2.19. The number of hydrogen-bond donors (Lipinski definition) is 2. The molecule has 9 heteroatoms. The van der Waals surface area contributed by atoms with Crippen LogP contribution >= 0.6 is 11.8 Å². The van der Waals surface area contributed by atoms with Crippen molar-refractivity contribution < 1.29 is 19.2 Å². The fraction of sp³-hybridized carbons (Fsp3) is 0.579. The zero-order chi connectivity index (χ0) is 20.5. The minimum atomic E-state index is -0.577. The summed E-state index contributed by atoms with van der Waals surface area (Å²) in [5.41, 5.74) is -0.126. The number of unbranched alkanes of at least 4 members (excludes halogenated alkanes) is 1. The monoisotopic (exact) mass is 409 g/mol. The third kappa shape index (κ3) is 6.12. The van der Waals surface area contributed by atoms with Gasteiger partial charge in [-0.3, -0.25) is 9.79 Å². The predicted octanol–water partition coefficient (Wildman–Crippen LogP) is 3.14. The first-order valence-corrected chi connectivity index (χ1v) is 10.4. The van der Waals surface area contributed by atoms with Crippen LogP contribution in [-0.2, 0) is 4.79 Å². The van der Waals surface area contributed by atoms with Gasteiger partial charge in [0, 0.05) is 11.8 Å². The van der Waals surface area contributed by atoms with E-state index in [1.54, 1.807) is 13.0 Å². The molecule has 0 bridgehead atoms. The van der Waals surface area contributed by atoms with E-state index in [0.717, 1.165) is 19.3 Å². The fourth-order valence-electron chi connectivity index (χ4n) is 2.65. The molecule has 2 unspecified atom stereocenters. The average Bonchev–Trinajstić information content (AvgIpc) is 3.17. The maximum atomic E-state index is 12.7. The molecule has 2 N–H and O–H groups in total. The molecule has 0 fully saturated rings. The van der Waals surface area contributed by atoms with Crippen LogP contribution < -0.4 is 15.7 Å². The third-order valence-corrected chi connectivity index (χ3v) is 5.34. The SMILES string of the molecule is CCCCOc1cc(C(CCC)NC(=O)C2CSC(/C(C)=N/O)=N2)oc(=O)c1. The number of rotatable bonds is 10. The van der Waals surface area contributed by atoms with E-state index in [1.807, 2.05) is 6.92 Å². The predicted molar refractivity (Wildman–Crippen MR) is 110 cm³/mol. The normalized spacial score (nSPS) is 17.9. The van der Waals surface area contributed by atoms with Crippen LogP contribution in [0.2, 0.25) is 0 Å². The van der Waals surface area contributed by atoms with Gasteiger partial charge >= 0.3 is 5.63 Å². The van der Waals surface area contributed by atoms with Crippen LogP contribution in [0.5, 0.6) is 5.75 Å². The number of aliphatic imine (C=N–C) groups is 1. The maximum absolute atomic E-state index is 12.7. The van der Waals surface area contributed by atoms with E-state index in [1.165, 1.54) is 17.8 Å². The molecule has 8 nitrogen and oxygen atoms in total. The molecule has 1 amide bonds. The minimum Gasteiger partial charge on any atom is -0.493 e. The number of hydrogen-bond acceptors (Lipinski definition) is 8. The summed E-state index contributed by atoms with van der Waals surface area (Å²) >= 11 is 1.37. The Kier molecular flexibility index (Phi) is 8.56. The number of oxime groups is 1. The first kappa shape index (κ1) is 22.0. The van der Waals surface area contributed by atoms with Crippen molar-refractivity contribution in [3.63, 3.8) is 0 Å². The van der Waals surface area contributed by atoms with E-state index in [-0.39, 0.29) is 5.91 Å². The Bertz CT molecular complexity index is 790. The number of carbonyl (C=O) groups is 1.